The number of hydroxylamine groups is 2. The van der Waals surface area contributed by atoms with Gasteiger partial charge in [0.05, 0.1) is 19.1 Å². The standard InChI is InChI=1S/C10H19BNO4P/c1-6-8(16-17(5)11)9(13)7(2)10(14)12(3)15-4/h6-9,13H,1H2,2-5H3/t7-,8+,9-,17?/m0/s1. The first-order chi connectivity index (χ1) is 7.84. The number of hydrogen-bond acceptors (Lipinski definition) is 4. The van der Waals surface area contributed by atoms with E-state index >= 15 is 0 Å². The van der Waals surface area contributed by atoms with Gasteiger partial charge in [-0.15, -0.1) is 6.58 Å². The first kappa shape index (κ1) is 16.6. The Morgan fingerprint density at radius 3 is 2.53 bits per heavy atom. The Bertz CT molecular complexity index is 265. The van der Waals surface area contributed by atoms with E-state index in [1.165, 1.54) is 20.2 Å². The zero-order valence-electron chi connectivity index (χ0n) is 10.7. The summed E-state index contributed by atoms with van der Waals surface area (Å²) in [5, 5.41) is 11.1. The molecule has 0 aliphatic carbocycles. The van der Waals surface area contributed by atoms with Crippen LogP contribution >= 0.6 is 8.03 Å². The topological polar surface area (TPSA) is 59.0 Å². The summed E-state index contributed by atoms with van der Waals surface area (Å²) < 4.78 is 5.31. The van der Waals surface area contributed by atoms with Crippen molar-refractivity contribution in [3.8, 4) is 0 Å². The fourth-order valence-electron chi connectivity index (χ4n) is 1.24. The monoisotopic (exact) mass is 259 g/mol. The molecule has 5 nitrogen and oxygen atoms in total. The van der Waals surface area contributed by atoms with E-state index in [0.29, 0.717) is 0 Å². The van der Waals surface area contributed by atoms with E-state index in [1.807, 2.05) is 0 Å². The van der Waals surface area contributed by atoms with Crippen molar-refractivity contribution in [2.24, 2.45) is 5.92 Å². The number of rotatable bonds is 7. The molecule has 0 spiro atoms. The molecule has 1 amide bonds. The van der Waals surface area contributed by atoms with Gasteiger partial charge in [0.15, 0.2) is 0 Å². The summed E-state index contributed by atoms with van der Waals surface area (Å²) in [4.78, 5) is 16.5. The molecule has 0 fully saturated rings. The van der Waals surface area contributed by atoms with E-state index in [1.54, 1.807) is 13.6 Å². The maximum atomic E-state index is 11.7. The Morgan fingerprint density at radius 1 is 1.65 bits per heavy atom. The van der Waals surface area contributed by atoms with Crippen LogP contribution in [0, 0.1) is 5.92 Å². The van der Waals surface area contributed by atoms with Crippen molar-refractivity contribution in [1.29, 1.82) is 0 Å². The van der Waals surface area contributed by atoms with Gasteiger partial charge in [-0.25, -0.2) is 5.06 Å². The van der Waals surface area contributed by atoms with Crippen LogP contribution in [0.15, 0.2) is 12.7 Å². The van der Waals surface area contributed by atoms with E-state index in [0.717, 1.165) is 5.06 Å². The van der Waals surface area contributed by atoms with Crippen molar-refractivity contribution in [2.75, 3.05) is 20.8 Å². The first-order valence-corrected chi connectivity index (χ1v) is 6.90. The van der Waals surface area contributed by atoms with Gasteiger partial charge in [-0.3, -0.25) is 9.63 Å². The molecular formula is C10H19BNO4P. The summed E-state index contributed by atoms with van der Waals surface area (Å²) >= 11 is 0. The van der Waals surface area contributed by atoms with Crippen molar-refractivity contribution in [3.63, 3.8) is 0 Å². The molecule has 2 radical (unpaired) electrons. The van der Waals surface area contributed by atoms with Crippen molar-refractivity contribution in [1.82, 2.24) is 5.06 Å². The predicted molar refractivity (Wildman–Crippen MR) is 68.6 cm³/mol. The number of amides is 1. The smallest absolute Gasteiger partial charge is 0.251 e. The molecule has 96 valence electrons. The highest BCUT2D eigenvalue weighted by Gasteiger charge is 2.31. The summed E-state index contributed by atoms with van der Waals surface area (Å²) in [5.74, 6) is -1.01. The zero-order valence-corrected chi connectivity index (χ0v) is 11.6. The lowest BCUT2D eigenvalue weighted by Gasteiger charge is -2.28. The van der Waals surface area contributed by atoms with Crippen molar-refractivity contribution in [2.45, 2.75) is 19.1 Å². The van der Waals surface area contributed by atoms with E-state index < -0.39 is 26.2 Å². The molecule has 7 heteroatoms. The van der Waals surface area contributed by atoms with E-state index in [4.69, 9.17) is 16.9 Å². The van der Waals surface area contributed by atoms with Crippen molar-refractivity contribution < 1.29 is 19.3 Å². The van der Waals surface area contributed by atoms with Gasteiger partial charge in [-0.1, -0.05) is 13.0 Å². The van der Waals surface area contributed by atoms with Crippen LogP contribution in [0.1, 0.15) is 6.92 Å². The maximum Gasteiger partial charge on any atom is 0.251 e. The number of carbonyl (C=O) groups excluding carboxylic acids is 1. The van der Waals surface area contributed by atoms with Gasteiger partial charge in [0, 0.05) is 7.05 Å². The van der Waals surface area contributed by atoms with Crippen LogP contribution in [-0.4, -0.2) is 56.7 Å². The number of aliphatic hydroxyl groups excluding tert-OH is 1. The van der Waals surface area contributed by atoms with E-state index in [2.05, 4.69) is 6.58 Å². The molecule has 0 heterocycles. The second kappa shape index (κ2) is 7.82. The third-order valence-corrected chi connectivity index (χ3v) is 2.92. The van der Waals surface area contributed by atoms with Crippen LogP contribution in [0.4, 0.5) is 0 Å². The molecule has 0 aromatic rings. The SMILES string of the molecule is [B]P(C)O[C@H](C=C)[C@@H](O)[C@H](C)C(=O)N(C)OC. The maximum absolute atomic E-state index is 11.7. The van der Waals surface area contributed by atoms with Crippen LogP contribution in [0.25, 0.3) is 0 Å². The predicted octanol–water partition coefficient (Wildman–Crippen LogP) is 0.685. The lowest BCUT2D eigenvalue weighted by Crippen LogP contribution is -2.42. The first-order valence-electron chi connectivity index (χ1n) is 5.12. The van der Waals surface area contributed by atoms with Gasteiger partial charge < -0.3 is 9.63 Å². The summed E-state index contributed by atoms with van der Waals surface area (Å²) in [7, 11) is 7.26. The number of carbonyl (C=O) groups is 1. The van der Waals surface area contributed by atoms with Gasteiger partial charge >= 0.3 is 0 Å². The fraction of sp³-hybridized carbons (Fsp3) is 0.700. The molecule has 4 atom stereocenters. The number of nitrogens with zero attached hydrogens (tertiary/aromatic N) is 1. The Labute approximate surface area is 105 Å². The molecule has 0 bridgehead atoms. The molecule has 1 N–H and O–H groups in total. The van der Waals surface area contributed by atoms with Crippen molar-refractivity contribution in [3.05, 3.63) is 12.7 Å². The van der Waals surface area contributed by atoms with Crippen LogP contribution in [-0.2, 0) is 14.2 Å². The van der Waals surface area contributed by atoms with Gasteiger partial charge in [-0.05, 0) is 14.7 Å². The minimum absolute atomic E-state index is 0.340. The highest BCUT2D eigenvalue weighted by atomic mass is 31.1. The average Bonchev–Trinajstić information content (AvgIpc) is 2.31. The fourth-order valence-corrected chi connectivity index (χ4v) is 1.84. The third-order valence-electron chi connectivity index (χ3n) is 2.34. The van der Waals surface area contributed by atoms with E-state index in [9.17, 15) is 9.90 Å². The molecule has 0 saturated carbocycles. The molecule has 0 aromatic carbocycles. The molecule has 0 saturated heterocycles. The number of hydrogen-bond donors (Lipinski definition) is 1. The highest BCUT2D eigenvalue weighted by Crippen LogP contribution is 2.30. The lowest BCUT2D eigenvalue weighted by atomic mass is 9.99. The largest absolute Gasteiger partial charge is 0.389 e. The molecule has 0 aliphatic rings. The highest BCUT2D eigenvalue weighted by molar-refractivity contribution is 7.77. The summed E-state index contributed by atoms with van der Waals surface area (Å²) in [5.41, 5.74) is 0. The third kappa shape index (κ3) is 5.17. The summed E-state index contributed by atoms with van der Waals surface area (Å²) in [6.45, 7) is 6.85. The molecule has 0 aliphatic heterocycles. The average molecular weight is 259 g/mol. The molecule has 1 unspecified atom stereocenters. The van der Waals surface area contributed by atoms with Gasteiger partial charge in [0.25, 0.3) is 5.91 Å². The molecule has 0 aromatic heterocycles. The van der Waals surface area contributed by atoms with Gasteiger partial charge in [-0.2, -0.15) is 0 Å². The summed E-state index contributed by atoms with van der Waals surface area (Å²) in [6.07, 6.45) is -0.237. The minimum atomic E-state index is -1.13. The van der Waals surface area contributed by atoms with Gasteiger partial charge in [0.1, 0.15) is 13.7 Å². The quantitative estimate of drug-likeness (QED) is 0.316. The van der Waals surface area contributed by atoms with Crippen molar-refractivity contribution >= 4 is 21.5 Å². The molecule has 0 rings (SSSR count). The second-order valence-corrected chi connectivity index (χ2v) is 4.95. The van der Waals surface area contributed by atoms with Crippen LogP contribution in [0.3, 0.4) is 0 Å². The Morgan fingerprint density at radius 2 is 2.18 bits per heavy atom. The minimum Gasteiger partial charge on any atom is -0.389 e. The molecule has 17 heavy (non-hydrogen) atoms. The van der Waals surface area contributed by atoms with Crippen LogP contribution in [0.2, 0.25) is 0 Å². The normalized spacial score (nSPS) is 17.9. The second-order valence-electron chi connectivity index (χ2n) is 3.65. The zero-order chi connectivity index (χ0) is 13.6. The molecular weight excluding hydrogens is 240 g/mol. The Kier molecular flexibility index (Phi) is 7.63. The van der Waals surface area contributed by atoms with Crippen LogP contribution in [0.5, 0.6) is 0 Å². The van der Waals surface area contributed by atoms with Crippen LogP contribution < -0.4 is 0 Å². The van der Waals surface area contributed by atoms with Gasteiger partial charge in [0.2, 0.25) is 0 Å². The Balaban J connectivity index is 4.59. The number of aliphatic hydroxyl groups is 1. The lowest BCUT2D eigenvalue weighted by molar-refractivity contribution is -0.177. The summed E-state index contributed by atoms with van der Waals surface area (Å²) in [6, 6.07) is 0. The van der Waals surface area contributed by atoms with E-state index in [-0.39, 0.29) is 5.91 Å². The Hall–Kier alpha value is -0.415.